The Hall–Kier alpha value is -0.960. The van der Waals surface area contributed by atoms with Gasteiger partial charge in [-0.1, -0.05) is 13.8 Å². The Balaban J connectivity index is 3.07. The molecule has 0 saturated carbocycles. The smallest absolute Gasteiger partial charge is 0.148 e. The van der Waals surface area contributed by atoms with Crippen molar-refractivity contribution >= 4 is 0 Å². The first-order valence-corrected chi connectivity index (χ1v) is 5.89. The summed E-state index contributed by atoms with van der Waals surface area (Å²) in [6.45, 7) is 10.6. The minimum Gasteiger partial charge on any atom is -0.308 e. The highest BCUT2D eigenvalue weighted by Crippen LogP contribution is 2.17. The van der Waals surface area contributed by atoms with Crippen LogP contribution >= 0.6 is 0 Å². The van der Waals surface area contributed by atoms with Crippen LogP contribution in [0.3, 0.4) is 0 Å². The number of hydrogen-bond donors (Lipinski definition) is 1. The van der Waals surface area contributed by atoms with Crippen molar-refractivity contribution in [2.75, 3.05) is 7.05 Å². The van der Waals surface area contributed by atoms with Crippen molar-refractivity contribution in [3.05, 3.63) is 23.3 Å². The van der Waals surface area contributed by atoms with Gasteiger partial charge >= 0.3 is 0 Å². The van der Waals surface area contributed by atoms with Crippen LogP contribution in [-0.4, -0.2) is 17.0 Å². The molecule has 1 N–H and O–H groups in total. The second-order valence-electron chi connectivity index (χ2n) is 5.30. The van der Waals surface area contributed by atoms with Crippen LogP contribution in [0.15, 0.2) is 6.07 Å². The Morgan fingerprint density at radius 1 is 1.31 bits per heavy atom. The summed E-state index contributed by atoms with van der Waals surface area (Å²) in [6.07, 6.45) is 1.01. The summed E-state index contributed by atoms with van der Waals surface area (Å²) in [5, 5.41) is 3.24. The molecule has 16 heavy (non-hydrogen) atoms. The van der Waals surface area contributed by atoms with Gasteiger partial charge in [0.15, 0.2) is 0 Å². The van der Waals surface area contributed by atoms with E-state index in [1.807, 2.05) is 14.0 Å². The van der Waals surface area contributed by atoms with E-state index in [0.29, 0.717) is 5.92 Å². The molecule has 0 atom stereocenters. The van der Waals surface area contributed by atoms with Crippen molar-refractivity contribution in [3.63, 3.8) is 0 Å². The van der Waals surface area contributed by atoms with E-state index in [4.69, 9.17) is 0 Å². The van der Waals surface area contributed by atoms with Gasteiger partial charge < -0.3 is 5.32 Å². The Morgan fingerprint density at radius 2 is 1.94 bits per heavy atom. The summed E-state index contributed by atoms with van der Waals surface area (Å²) in [5.74, 6) is 1.51. The van der Waals surface area contributed by atoms with Gasteiger partial charge in [0, 0.05) is 11.4 Å². The molecule has 1 aromatic heterocycles. The summed E-state index contributed by atoms with van der Waals surface area (Å²) in [6, 6.07) is 2.08. The van der Waals surface area contributed by atoms with Gasteiger partial charge in [0.2, 0.25) is 0 Å². The number of rotatable bonds is 4. The highest BCUT2D eigenvalue weighted by molar-refractivity contribution is 5.14. The topological polar surface area (TPSA) is 37.8 Å². The molecule has 0 saturated heterocycles. The summed E-state index contributed by atoms with van der Waals surface area (Å²) >= 11 is 0. The summed E-state index contributed by atoms with van der Waals surface area (Å²) < 4.78 is 0. The summed E-state index contributed by atoms with van der Waals surface area (Å²) in [5.41, 5.74) is 2.02. The number of nitrogens with one attached hydrogen (secondary N) is 1. The molecule has 0 bridgehead atoms. The normalized spacial score (nSPS) is 12.2. The van der Waals surface area contributed by atoms with Crippen LogP contribution in [0.2, 0.25) is 0 Å². The molecule has 3 nitrogen and oxygen atoms in total. The van der Waals surface area contributed by atoms with Crippen molar-refractivity contribution in [3.8, 4) is 0 Å². The molecule has 0 aliphatic carbocycles. The third-order valence-corrected chi connectivity index (χ3v) is 2.71. The molecule has 0 aromatic carbocycles. The first kappa shape index (κ1) is 13.1. The second-order valence-corrected chi connectivity index (χ2v) is 5.30. The van der Waals surface area contributed by atoms with Crippen LogP contribution in [0, 0.1) is 12.8 Å². The van der Waals surface area contributed by atoms with Gasteiger partial charge in [0.25, 0.3) is 0 Å². The molecule has 0 amide bonds. The molecule has 0 aliphatic rings. The van der Waals surface area contributed by atoms with Gasteiger partial charge in [-0.2, -0.15) is 0 Å². The maximum Gasteiger partial charge on any atom is 0.148 e. The molecule has 90 valence electrons. The summed E-state index contributed by atoms with van der Waals surface area (Å²) in [4.78, 5) is 9.15. The lowest BCUT2D eigenvalue weighted by Gasteiger charge is -2.23. The van der Waals surface area contributed by atoms with Crippen LogP contribution in [0.4, 0.5) is 0 Å². The Morgan fingerprint density at radius 3 is 2.44 bits per heavy atom. The van der Waals surface area contributed by atoms with Crippen LogP contribution in [0.25, 0.3) is 0 Å². The molecular formula is C13H23N3. The highest BCUT2D eigenvalue weighted by Gasteiger charge is 2.22. The molecule has 0 fully saturated rings. The zero-order chi connectivity index (χ0) is 12.3. The fourth-order valence-electron chi connectivity index (χ4n) is 1.55. The van der Waals surface area contributed by atoms with Crippen LogP contribution in [0.1, 0.15) is 44.9 Å². The lowest BCUT2D eigenvalue weighted by Crippen LogP contribution is -2.35. The first-order valence-electron chi connectivity index (χ1n) is 5.89. The van der Waals surface area contributed by atoms with Gasteiger partial charge in [-0.05, 0) is 46.2 Å². The molecule has 3 heteroatoms. The second kappa shape index (κ2) is 4.91. The maximum absolute atomic E-state index is 4.64. The lowest BCUT2D eigenvalue weighted by atomic mass is 10.0. The number of aromatic nitrogens is 2. The monoisotopic (exact) mass is 221 g/mol. The fourth-order valence-corrected chi connectivity index (χ4v) is 1.55. The van der Waals surface area contributed by atoms with Gasteiger partial charge in [-0.15, -0.1) is 0 Å². The standard InChI is InChI=1S/C13H23N3/c1-9(2)7-11-8-10(3)15-12(16-11)13(4,5)14-6/h8-9,14H,7H2,1-6H3. The highest BCUT2D eigenvalue weighted by atomic mass is 15.0. The van der Waals surface area contributed by atoms with E-state index in [2.05, 4.69) is 49.0 Å². The van der Waals surface area contributed by atoms with Crippen LogP contribution in [-0.2, 0) is 12.0 Å². The van der Waals surface area contributed by atoms with Crippen LogP contribution < -0.4 is 5.32 Å². The predicted octanol–water partition coefficient (Wildman–Crippen LogP) is 2.44. The van der Waals surface area contributed by atoms with E-state index in [0.717, 1.165) is 23.6 Å². The molecule has 0 aliphatic heterocycles. The van der Waals surface area contributed by atoms with Gasteiger partial charge in [-0.3, -0.25) is 0 Å². The SMILES string of the molecule is CNC(C)(C)c1nc(C)cc(CC(C)C)n1. The number of nitrogens with zero attached hydrogens (tertiary/aromatic N) is 2. The third-order valence-electron chi connectivity index (χ3n) is 2.71. The average Bonchev–Trinajstić information content (AvgIpc) is 2.15. The van der Waals surface area contributed by atoms with E-state index < -0.39 is 0 Å². The number of hydrogen-bond acceptors (Lipinski definition) is 3. The Bertz CT molecular complexity index is 356. The van der Waals surface area contributed by atoms with Crippen molar-refractivity contribution in [2.45, 2.75) is 46.6 Å². The Labute approximate surface area is 98.7 Å². The van der Waals surface area contributed by atoms with Gasteiger partial charge in [-0.25, -0.2) is 9.97 Å². The van der Waals surface area contributed by atoms with Gasteiger partial charge in [0.05, 0.1) is 5.54 Å². The van der Waals surface area contributed by atoms with Crippen molar-refractivity contribution < 1.29 is 0 Å². The van der Waals surface area contributed by atoms with E-state index >= 15 is 0 Å². The van der Waals surface area contributed by atoms with Crippen molar-refractivity contribution in [1.82, 2.24) is 15.3 Å². The molecule has 1 aromatic rings. The summed E-state index contributed by atoms with van der Waals surface area (Å²) in [7, 11) is 1.94. The molecule has 1 heterocycles. The predicted molar refractivity (Wildman–Crippen MR) is 67.4 cm³/mol. The zero-order valence-corrected chi connectivity index (χ0v) is 11.3. The number of aryl methyl sites for hydroxylation is 1. The Kier molecular flexibility index (Phi) is 4.03. The van der Waals surface area contributed by atoms with Gasteiger partial charge in [0.1, 0.15) is 5.82 Å². The van der Waals surface area contributed by atoms with E-state index in [1.54, 1.807) is 0 Å². The molecular weight excluding hydrogens is 198 g/mol. The van der Waals surface area contributed by atoms with E-state index in [1.165, 1.54) is 0 Å². The van der Waals surface area contributed by atoms with Crippen molar-refractivity contribution in [2.24, 2.45) is 5.92 Å². The van der Waals surface area contributed by atoms with Crippen molar-refractivity contribution in [1.29, 1.82) is 0 Å². The lowest BCUT2D eigenvalue weighted by molar-refractivity contribution is 0.412. The minimum absolute atomic E-state index is 0.169. The molecule has 1 rings (SSSR count). The quantitative estimate of drug-likeness (QED) is 0.848. The molecule has 0 unspecified atom stereocenters. The molecule has 0 spiro atoms. The largest absolute Gasteiger partial charge is 0.308 e. The fraction of sp³-hybridized carbons (Fsp3) is 0.692. The maximum atomic E-state index is 4.64. The minimum atomic E-state index is -0.169. The van der Waals surface area contributed by atoms with E-state index in [9.17, 15) is 0 Å². The molecule has 0 radical (unpaired) electrons. The van der Waals surface area contributed by atoms with Crippen LogP contribution in [0.5, 0.6) is 0 Å². The third kappa shape index (κ3) is 3.27. The zero-order valence-electron chi connectivity index (χ0n) is 11.3. The van der Waals surface area contributed by atoms with E-state index in [-0.39, 0.29) is 5.54 Å². The first-order chi connectivity index (χ1) is 7.35. The average molecular weight is 221 g/mol.